The molecule has 1 aromatic rings. The molecule has 0 aromatic carbocycles. The van der Waals surface area contributed by atoms with Crippen molar-refractivity contribution in [3.05, 3.63) is 29.0 Å². The summed E-state index contributed by atoms with van der Waals surface area (Å²) in [6, 6.07) is 1.54. The van der Waals surface area contributed by atoms with Gasteiger partial charge in [0, 0.05) is 39.1 Å². The monoisotopic (exact) mass is 272 g/mol. The van der Waals surface area contributed by atoms with Crippen LogP contribution < -0.4 is 5.32 Å². The molecule has 0 saturated carbocycles. The van der Waals surface area contributed by atoms with Crippen LogP contribution in [0.15, 0.2) is 18.5 Å². The molecule has 2 N–H and O–H groups in total. The third-order valence-corrected chi connectivity index (χ3v) is 2.82. The number of rotatable bonds is 6. The first-order chi connectivity index (χ1) is 8.46. The van der Waals surface area contributed by atoms with E-state index in [0.717, 1.165) is 0 Å². The second kappa shape index (κ2) is 6.68. The van der Waals surface area contributed by atoms with Gasteiger partial charge >= 0.3 is 0 Å². The van der Waals surface area contributed by atoms with Crippen LogP contribution in [0.1, 0.15) is 23.7 Å². The number of ether oxygens (including phenoxy) is 1. The molecule has 0 bridgehead atoms. The number of methoxy groups -OCH3 is 1. The Morgan fingerprint density at radius 3 is 3.00 bits per heavy atom. The molecular weight excluding hydrogens is 256 g/mol. The van der Waals surface area contributed by atoms with Crippen molar-refractivity contribution in [1.82, 2.24) is 10.3 Å². The first-order valence-electron chi connectivity index (χ1n) is 5.55. The number of nitrogens with one attached hydrogen (secondary N) is 1. The van der Waals surface area contributed by atoms with E-state index >= 15 is 0 Å². The molecule has 0 aliphatic carbocycles. The number of aromatic nitrogens is 1. The zero-order valence-corrected chi connectivity index (χ0v) is 11.2. The van der Waals surface area contributed by atoms with Gasteiger partial charge in [-0.3, -0.25) is 9.78 Å². The Morgan fingerprint density at radius 1 is 1.67 bits per heavy atom. The van der Waals surface area contributed by atoms with Crippen molar-refractivity contribution >= 4 is 17.5 Å². The van der Waals surface area contributed by atoms with E-state index in [0.29, 0.717) is 23.6 Å². The maximum atomic E-state index is 11.8. The highest BCUT2D eigenvalue weighted by atomic mass is 35.5. The molecule has 100 valence electrons. The maximum Gasteiger partial charge on any atom is 0.254 e. The van der Waals surface area contributed by atoms with E-state index in [1.807, 2.05) is 0 Å². The Labute approximate surface area is 111 Å². The quantitative estimate of drug-likeness (QED) is 0.818. The van der Waals surface area contributed by atoms with E-state index in [9.17, 15) is 9.90 Å². The summed E-state index contributed by atoms with van der Waals surface area (Å²) in [4.78, 5) is 15.6. The summed E-state index contributed by atoms with van der Waals surface area (Å²) in [5.74, 6) is -0.356. The highest BCUT2D eigenvalue weighted by molar-refractivity contribution is 6.33. The van der Waals surface area contributed by atoms with Crippen LogP contribution in [0, 0.1) is 0 Å². The van der Waals surface area contributed by atoms with Crippen molar-refractivity contribution in [1.29, 1.82) is 0 Å². The molecule has 6 heteroatoms. The molecule has 0 aliphatic rings. The van der Waals surface area contributed by atoms with Gasteiger partial charge in [-0.15, -0.1) is 0 Å². The van der Waals surface area contributed by atoms with Crippen molar-refractivity contribution in [2.45, 2.75) is 18.9 Å². The lowest BCUT2D eigenvalue weighted by Gasteiger charge is -2.23. The number of nitrogens with zero attached hydrogens (tertiary/aromatic N) is 1. The Hall–Kier alpha value is -1.17. The number of carbonyl (C=O) groups excluding carboxylic acids is 1. The summed E-state index contributed by atoms with van der Waals surface area (Å²) < 4.78 is 4.88. The summed E-state index contributed by atoms with van der Waals surface area (Å²) in [7, 11) is 1.56. The van der Waals surface area contributed by atoms with Crippen LogP contribution in [0.5, 0.6) is 0 Å². The van der Waals surface area contributed by atoms with Gasteiger partial charge in [-0.2, -0.15) is 0 Å². The van der Waals surface area contributed by atoms with Crippen LogP contribution >= 0.6 is 11.6 Å². The van der Waals surface area contributed by atoms with E-state index in [1.165, 1.54) is 12.4 Å². The van der Waals surface area contributed by atoms with Gasteiger partial charge in [0.2, 0.25) is 0 Å². The number of hydrogen-bond donors (Lipinski definition) is 2. The fourth-order valence-corrected chi connectivity index (χ4v) is 1.51. The fraction of sp³-hybridized carbons (Fsp3) is 0.500. The van der Waals surface area contributed by atoms with Crippen LogP contribution in [0.3, 0.4) is 0 Å². The molecule has 0 spiro atoms. The number of amides is 1. The maximum absolute atomic E-state index is 11.8. The average Bonchev–Trinajstić information content (AvgIpc) is 2.34. The van der Waals surface area contributed by atoms with E-state index < -0.39 is 5.60 Å². The van der Waals surface area contributed by atoms with Gasteiger partial charge in [0.05, 0.1) is 16.2 Å². The Balaban J connectivity index is 2.54. The number of aliphatic hydroxyl groups is 1. The molecule has 1 heterocycles. The van der Waals surface area contributed by atoms with Crippen molar-refractivity contribution in [2.24, 2.45) is 0 Å². The lowest BCUT2D eigenvalue weighted by molar-refractivity contribution is 0.0243. The van der Waals surface area contributed by atoms with Gasteiger partial charge in [0.15, 0.2) is 0 Å². The first-order valence-corrected chi connectivity index (χ1v) is 5.93. The van der Waals surface area contributed by atoms with Gasteiger partial charge in [-0.25, -0.2) is 0 Å². The smallest absolute Gasteiger partial charge is 0.254 e. The van der Waals surface area contributed by atoms with Gasteiger partial charge < -0.3 is 15.2 Å². The summed E-state index contributed by atoms with van der Waals surface area (Å²) in [5, 5.41) is 12.9. The van der Waals surface area contributed by atoms with E-state index in [1.54, 1.807) is 20.1 Å². The molecule has 5 nitrogen and oxygen atoms in total. The molecule has 1 rings (SSSR count). The first kappa shape index (κ1) is 14.9. The average molecular weight is 273 g/mol. The third kappa shape index (κ3) is 4.60. The number of hydrogen-bond acceptors (Lipinski definition) is 4. The molecule has 0 aliphatic heterocycles. The zero-order valence-electron chi connectivity index (χ0n) is 10.4. The largest absolute Gasteiger partial charge is 0.388 e. The van der Waals surface area contributed by atoms with Crippen molar-refractivity contribution < 1.29 is 14.6 Å². The van der Waals surface area contributed by atoms with E-state index in [-0.39, 0.29) is 12.5 Å². The Bertz CT molecular complexity index is 410. The second-order valence-electron chi connectivity index (χ2n) is 4.28. The second-order valence-corrected chi connectivity index (χ2v) is 4.69. The summed E-state index contributed by atoms with van der Waals surface area (Å²) in [5.41, 5.74) is -0.720. The number of carbonyl (C=O) groups is 1. The summed E-state index contributed by atoms with van der Waals surface area (Å²) in [6.45, 7) is 2.19. The number of halogens is 1. The lowest BCUT2D eigenvalue weighted by atomic mass is 10.0. The molecule has 1 aromatic heterocycles. The minimum atomic E-state index is -1.01. The van der Waals surface area contributed by atoms with Crippen molar-refractivity contribution in [3.8, 4) is 0 Å². The zero-order chi connectivity index (χ0) is 13.6. The molecule has 1 amide bonds. The molecule has 1 atom stereocenters. The number of pyridine rings is 1. The van der Waals surface area contributed by atoms with Crippen LogP contribution in [-0.4, -0.2) is 41.9 Å². The minimum Gasteiger partial charge on any atom is -0.388 e. The fourth-order valence-electron chi connectivity index (χ4n) is 1.32. The molecule has 0 radical (unpaired) electrons. The predicted octanol–water partition coefficient (Wildman–Crippen LogP) is 1.25. The van der Waals surface area contributed by atoms with Crippen molar-refractivity contribution in [2.75, 3.05) is 20.3 Å². The van der Waals surface area contributed by atoms with Crippen LogP contribution in [0.25, 0.3) is 0 Å². The van der Waals surface area contributed by atoms with Crippen LogP contribution in [0.2, 0.25) is 5.02 Å². The normalized spacial score (nSPS) is 14.0. The predicted molar refractivity (Wildman–Crippen MR) is 68.7 cm³/mol. The summed E-state index contributed by atoms with van der Waals surface area (Å²) in [6.07, 6.45) is 3.33. The van der Waals surface area contributed by atoms with Gasteiger partial charge in [-0.05, 0) is 13.0 Å². The Morgan fingerprint density at radius 2 is 2.39 bits per heavy atom. The van der Waals surface area contributed by atoms with E-state index in [2.05, 4.69) is 10.3 Å². The van der Waals surface area contributed by atoms with Crippen LogP contribution in [0.4, 0.5) is 0 Å². The highest BCUT2D eigenvalue weighted by Crippen LogP contribution is 2.14. The molecular formula is C12H17ClN2O3. The molecule has 18 heavy (non-hydrogen) atoms. The lowest BCUT2D eigenvalue weighted by Crippen LogP contribution is -2.41. The topological polar surface area (TPSA) is 71.5 Å². The van der Waals surface area contributed by atoms with Gasteiger partial charge in [0.1, 0.15) is 0 Å². The standard InChI is InChI=1S/C12H17ClN2O3/c1-12(17,4-6-18-2)8-15-11(16)9-7-14-5-3-10(9)13/h3,5,7,17H,4,6,8H2,1-2H3,(H,15,16). The highest BCUT2D eigenvalue weighted by Gasteiger charge is 2.21. The third-order valence-electron chi connectivity index (χ3n) is 2.49. The summed E-state index contributed by atoms with van der Waals surface area (Å²) >= 11 is 5.87. The SMILES string of the molecule is COCCC(C)(O)CNC(=O)c1cnccc1Cl. The Kier molecular flexibility index (Phi) is 5.53. The van der Waals surface area contributed by atoms with Gasteiger partial charge in [0.25, 0.3) is 5.91 Å². The van der Waals surface area contributed by atoms with Crippen molar-refractivity contribution in [3.63, 3.8) is 0 Å². The van der Waals surface area contributed by atoms with Crippen LogP contribution in [-0.2, 0) is 4.74 Å². The van der Waals surface area contributed by atoms with E-state index in [4.69, 9.17) is 16.3 Å². The minimum absolute atomic E-state index is 0.125. The molecule has 0 saturated heterocycles. The molecule has 0 fully saturated rings. The van der Waals surface area contributed by atoms with Gasteiger partial charge in [-0.1, -0.05) is 11.6 Å². The molecule has 1 unspecified atom stereocenters.